The van der Waals surface area contributed by atoms with Gasteiger partial charge in [0.05, 0.1) is 75.8 Å². The highest BCUT2D eigenvalue weighted by atomic mass is 35.5. The monoisotopic (exact) mass is 1430 g/mol. The van der Waals surface area contributed by atoms with E-state index in [0.29, 0.717) is 90.9 Å². The van der Waals surface area contributed by atoms with Gasteiger partial charge in [-0.15, -0.1) is 0 Å². The van der Waals surface area contributed by atoms with Gasteiger partial charge >= 0.3 is 11.9 Å². The summed E-state index contributed by atoms with van der Waals surface area (Å²) in [5.74, 6) is 1.01. The number of aliphatic carboxylic acids is 2. The molecule has 0 spiro atoms. The lowest BCUT2D eigenvalue weighted by Crippen LogP contribution is -2.70. The van der Waals surface area contributed by atoms with Crippen molar-refractivity contribution in [3.05, 3.63) is 46.5 Å². The molecule has 4 saturated heterocycles. The summed E-state index contributed by atoms with van der Waals surface area (Å²) < 4.78 is 47.3. The van der Waals surface area contributed by atoms with Crippen LogP contribution in [0.25, 0.3) is 0 Å². The minimum atomic E-state index is -0.622. The Kier molecular flexibility index (Phi) is 21.4. The molecular weight excluding hydrogens is 1310 g/mol. The molecule has 100 heavy (non-hydrogen) atoms. The van der Waals surface area contributed by atoms with Crippen molar-refractivity contribution in [2.24, 2.45) is 113 Å². The second-order valence-electron chi connectivity index (χ2n) is 36.9. The minimum absolute atomic E-state index is 0.0158. The summed E-state index contributed by atoms with van der Waals surface area (Å²) in [4.78, 5) is 34.7. The number of allylic oxidation sites excluding steroid dienone is 2. The van der Waals surface area contributed by atoms with Gasteiger partial charge in [-0.1, -0.05) is 120 Å². The lowest BCUT2D eigenvalue weighted by Gasteiger charge is -2.71. The minimum Gasteiger partial charge on any atom is -0.481 e. The van der Waals surface area contributed by atoms with E-state index in [9.17, 15) is 19.8 Å². The molecule has 4 aliphatic heterocycles. The summed E-state index contributed by atoms with van der Waals surface area (Å²) in [7, 11) is 5.95. The van der Waals surface area contributed by atoms with Crippen molar-refractivity contribution in [3.63, 3.8) is 0 Å². The number of carboxylic acids is 2. The van der Waals surface area contributed by atoms with E-state index in [-0.39, 0.29) is 95.5 Å². The van der Waals surface area contributed by atoms with Gasteiger partial charge in [0, 0.05) is 66.3 Å². The average Bonchev–Trinajstić information content (AvgIpc) is 1.25. The molecular formula is C79H126Cl2N8O11. The van der Waals surface area contributed by atoms with E-state index in [4.69, 9.17) is 61.5 Å². The van der Waals surface area contributed by atoms with Gasteiger partial charge in [0.25, 0.3) is 0 Å². The number of fused-ring (bicyclic) bond motifs is 6. The third-order valence-electron chi connectivity index (χ3n) is 32.7. The molecule has 22 atom stereocenters. The SMILES string of the molecule is CNC1(CO[C@H]2[C@H](OC)C[C@@]34COC[C@]2(C)[C@@H]3CC[C@H]2C4=CC[C@@]3(C)[C@H](C(=O)O)[C@@](C)([C@H](C)C(C)C)CC[C@]23C)CCOCC1.CNC1(CO[C@H]2[C@H](n3ncnc3Cl)C[C@@]34COC[C@]2(C)[C@@H]3CC[C@H]2C4=CC[C@@]3(C)[C@H](C(=O)O)[C@@](C)([C@H](C)C(C)C)CC[C@]23C)CCOCC1.Clc1ncn[nH]1. The Morgan fingerprint density at radius 1 is 0.600 bits per heavy atom. The van der Waals surface area contributed by atoms with Crippen LogP contribution in [-0.2, 0) is 42.7 Å². The number of ether oxygens (including phenoxy) is 7. The molecule has 2 aromatic heterocycles. The van der Waals surface area contributed by atoms with Crippen LogP contribution in [-0.4, -0.2) is 169 Å². The van der Waals surface area contributed by atoms with Crippen molar-refractivity contribution in [2.45, 2.75) is 235 Å². The largest absolute Gasteiger partial charge is 0.481 e. The molecule has 4 bridgehead atoms. The first-order valence-corrected chi connectivity index (χ1v) is 39.3. The Bertz CT molecular complexity index is 3300. The average molecular weight is 1430 g/mol. The number of carbonyl (C=O) groups is 2. The summed E-state index contributed by atoms with van der Waals surface area (Å²) in [5, 5.41) is 40.5. The zero-order valence-corrected chi connectivity index (χ0v) is 65.3. The van der Waals surface area contributed by atoms with Crippen molar-refractivity contribution in [1.82, 2.24) is 40.6 Å². The molecule has 0 aromatic carbocycles. The van der Waals surface area contributed by atoms with Crippen LogP contribution in [0.1, 0.15) is 206 Å². The molecule has 0 radical (unpaired) electrons. The van der Waals surface area contributed by atoms with E-state index >= 15 is 0 Å². The maximum Gasteiger partial charge on any atom is 0.307 e. The second-order valence-corrected chi connectivity index (χ2v) is 37.6. The van der Waals surface area contributed by atoms with Crippen molar-refractivity contribution < 1.29 is 53.0 Å². The molecule has 12 aliphatic rings. The molecule has 10 fully saturated rings. The van der Waals surface area contributed by atoms with Gasteiger partial charge in [-0.3, -0.25) is 9.59 Å². The number of hydrogen-bond donors (Lipinski definition) is 5. The first kappa shape index (κ1) is 76.6. The summed E-state index contributed by atoms with van der Waals surface area (Å²) in [6, 6.07) is -0.108. The summed E-state index contributed by atoms with van der Waals surface area (Å²) in [5.41, 5.74) is 0.761. The molecule has 6 saturated carbocycles. The molecule has 5 N–H and O–H groups in total. The molecule has 21 heteroatoms. The number of rotatable bonds is 16. The van der Waals surface area contributed by atoms with Crippen LogP contribution < -0.4 is 10.6 Å². The van der Waals surface area contributed by atoms with Gasteiger partial charge in [-0.25, -0.2) is 19.7 Å². The van der Waals surface area contributed by atoms with Crippen molar-refractivity contribution >= 4 is 35.1 Å². The van der Waals surface area contributed by atoms with Crippen LogP contribution in [0.15, 0.2) is 36.0 Å². The zero-order valence-electron chi connectivity index (χ0n) is 63.8. The molecule has 6 heterocycles. The summed E-state index contributed by atoms with van der Waals surface area (Å²) >= 11 is 12.0. The Balaban J connectivity index is 0.000000175. The number of H-pyrrole nitrogens is 1. The smallest absolute Gasteiger partial charge is 0.307 e. The predicted molar refractivity (Wildman–Crippen MR) is 387 cm³/mol. The molecule has 14 rings (SSSR count). The fraction of sp³-hybridized carbons (Fsp3) is 0.873. The highest BCUT2D eigenvalue weighted by Crippen LogP contribution is 2.78. The topological polar surface area (TPSA) is 236 Å². The quantitative estimate of drug-likeness (QED) is 0.0983. The number of nitrogens with one attached hydrogen (secondary N) is 3. The third kappa shape index (κ3) is 11.8. The Hall–Kier alpha value is -3.08. The third-order valence-corrected chi connectivity index (χ3v) is 33.2. The lowest BCUT2D eigenvalue weighted by atomic mass is 9.34. The molecule has 0 unspecified atom stereocenters. The molecule has 2 aromatic rings. The van der Waals surface area contributed by atoms with Gasteiger partial charge in [0.1, 0.15) is 12.7 Å². The fourth-order valence-corrected chi connectivity index (χ4v) is 26.1. The second kappa shape index (κ2) is 27.9. The van der Waals surface area contributed by atoms with Crippen LogP contribution >= 0.6 is 23.2 Å². The highest BCUT2D eigenvalue weighted by molar-refractivity contribution is 6.28. The Morgan fingerprint density at radius 3 is 1.43 bits per heavy atom. The standard InChI is InChI=1S/C39H61ClN4O5.C38H63NO6.C2H2ClN3/c1-24(2)25(3)34(4)13-14-36(6)26-9-10-29-35(5)20-48-22-39(29,27(26)11-12-37(36,7)30(34)32(45)46)19-28(44-33(40)42-23-43-44)31(35)49-21-38(41-8)15-17-47-18-16-38;1-24(2)25(3)33(4)14-15-35(6)26-10-11-29-34(5)21-44-23-38(29,27(26)12-13-36(35,7)30(33)32(40)41)20-28(42-9)31(34)45-22-37(39-8)16-18-43-19-17-37;3-2-4-1-5-6-2/h11,23-26,28-31,41H,9-10,12-22H2,1-8H3,(H,45,46);12,24-26,28-31,39H,10-11,13-23H2,1-9H3,(H,40,41);1H,(H,4,5,6)/t25-,26+,28-,29+,30-,31+,34-,35-,36-,37+,39+;25-,26+,28-,29+,30-,31+,33-,34-,35-,36+,38+;/m11./s1. The maximum absolute atomic E-state index is 13.5. The van der Waals surface area contributed by atoms with Gasteiger partial charge in [-0.2, -0.15) is 10.2 Å². The number of aromatic amines is 1. The molecule has 0 amide bonds. The van der Waals surface area contributed by atoms with Crippen LogP contribution in [0.2, 0.25) is 10.6 Å². The number of aromatic nitrogens is 6. The van der Waals surface area contributed by atoms with E-state index in [0.717, 1.165) is 136 Å². The first-order chi connectivity index (χ1) is 47.2. The van der Waals surface area contributed by atoms with E-state index in [1.165, 1.54) is 11.9 Å². The zero-order chi connectivity index (χ0) is 72.2. The van der Waals surface area contributed by atoms with Crippen molar-refractivity contribution in [1.29, 1.82) is 0 Å². The number of halogens is 2. The number of hydrogen-bond acceptors (Lipinski definition) is 15. The van der Waals surface area contributed by atoms with E-state index < -0.39 is 17.9 Å². The van der Waals surface area contributed by atoms with E-state index in [1.54, 1.807) is 11.9 Å². The van der Waals surface area contributed by atoms with Crippen LogP contribution in [0, 0.1) is 113 Å². The van der Waals surface area contributed by atoms with Crippen LogP contribution in [0.5, 0.6) is 0 Å². The Labute approximate surface area is 607 Å². The maximum atomic E-state index is 13.5. The Morgan fingerprint density at radius 2 is 1.05 bits per heavy atom. The summed E-state index contributed by atoms with van der Waals surface area (Å²) in [6.07, 6.45) is 23.2. The van der Waals surface area contributed by atoms with Crippen molar-refractivity contribution in [3.8, 4) is 0 Å². The number of nitrogens with zero attached hydrogens (tertiary/aromatic N) is 5. The van der Waals surface area contributed by atoms with E-state index in [1.807, 2.05) is 18.8 Å². The van der Waals surface area contributed by atoms with Gasteiger partial charge < -0.3 is 54.0 Å². The van der Waals surface area contributed by atoms with Crippen molar-refractivity contribution in [2.75, 3.05) is 87.3 Å². The highest BCUT2D eigenvalue weighted by Gasteiger charge is 2.75. The molecule has 8 aliphatic carbocycles. The van der Waals surface area contributed by atoms with Gasteiger partial charge in [-0.05, 0) is 220 Å². The van der Waals surface area contributed by atoms with Crippen LogP contribution in [0.4, 0.5) is 0 Å². The first-order valence-electron chi connectivity index (χ1n) is 38.6. The predicted octanol–water partition coefficient (Wildman–Crippen LogP) is 14.4. The van der Waals surface area contributed by atoms with Gasteiger partial charge in [0.15, 0.2) is 0 Å². The summed E-state index contributed by atoms with van der Waals surface area (Å²) in [6.45, 7) is 39.5. The van der Waals surface area contributed by atoms with Gasteiger partial charge in [0.2, 0.25) is 10.6 Å². The molecule has 19 nitrogen and oxygen atoms in total. The fourth-order valence-electron chi connectivity index (χ4n) is 25.8. The number of carboxylic acid groups (broad SMARTS) is 2. The molecule has 562 valence electrons. The van der Waals surface area contributed by atoms with Crippen LogP contribution in [0.3, 0.4) is 0 Å². The number of likely N-dealkylation sites (N-methyl/N-ethyl adjacent to an activating group) is 2. The number of methoxy groups -OCH3 is 1. The van der Waals surface area contributed by atoms with E-state index in [2.05, 4.69) is 147 Å². The normalized spacial score (nSPS) is 44.2. The lowest BCUT2D eigenvalue weighted by molar-refractivity contribution is -0.270.